The van der Waals surface area contributed by atoms with E-state index in [0.29, 0.717) is 5.69 Å². The first kappa shape index (κ1) is 18.4. The number of carbonyl (C=O) groups excluding carboxylic acids is 1. The van der Waals surface area contributed by atoms with Gasteiger partial charge in [-0.1, -0.05) is 30.3 Å². The molecule has 1 atom stereocenters. The summed E-state index contributed by atoms with van der Waals surface area (Å²) in [5.74, 6) is -0.161. The minimum absolute atomic E-state index is 0.00841. The summed E-state index contributed by atoms with van der Waals surface area (Å²) in [5, 5.41) is 9.82. The molecule has 0 aliphatic carbocycles. The van der Waals surface area contributed by atoms with Crippen molar-refractivity contribution in [3.63, 3.8) is 0 Å². The molecule has 0 spiro atoms. The van der Waals surface area contributed by atoms with E-state index >= 15 is 0 Å². The Balaban J connectivity index is 1.67. The molecule has 0 aliphatic heterocycles. The van der Waals surface area contributed by atoms with Crippen molar-refractivity contribution in [2.45, 2.75) is 22.0 Å². The number of anilines is 1. The van der Waals surface area contributed by atoms with Crippen LogP contribution in [-0.2, 0) is 14.8 Å². The smallest absolute Gasteiger partial charge is 0.238 e. The van der Waals surface area contributed by atoms with E-state index < -0.39 is 10.0 Å². The van der Waals surface area contributed by atoms with Crippen molar-refractivity contribution < 1.29 is 13.2 Å². The predicted octanol–water partition coefficient (Wildman–Crippen LogP) is 3.61. The van der Waals surface area contributed by atoms with E-state index in [9.17, 15) is 13.2 Å². The van der Waals surface area contributed by atoms with Crippen molar-refractivity contribution in [2.75, 3.05) is 5.32 Å². The zero-order valence-electron chi connectivity index (χ0n) is 14.0. The number of hydrogen-bond acceptors (Lipinski definition) is 4. The number of nitrogens with one attached hydrogen (secondary N) is 1. The zero-order valence-corrected chi connectivity index (χ0v) is 15.7. The van der Waals surface area contributed by atoms with Crippen LogP contribution < -0.4 is 10.5 Å². The lowest BCUT2D eigenvalue weighted by atomic mass is 10.1. The minimum atomic E-state index is -3.74. The maximum Gasteiger partial charge on any atom is 0.238 e. The summed E-state index contributed by atoms with van der Waals surface area (Å²) in [6, 6.07) is 19.9. The molecule has 0 unspecified atom stereocenters. The number of fused-ring (bicyclic) bond motifs is 1. The summed E-state index contributed by atoms with van der Waals surface area (Å²) in [6.45, 7) is 1.83. The number of primary sulfonamides is 1. The van der Waals surface area contributed by atoms with E-state index in [-0.39, 0.29) is 16.1 Å². The predicted molar refractivity (Wildman–Crippen MR) is 106 cm³/mol. The molecule has 3 N–H and O–H groups in total. The van der Waals surface area contributed by atoms with Gasteiger partial charge in [0.15, 0.2) is 0 Å². The van der Waals surface area contributed by atoms with Crippen LogP contribution in [0.15, 0.2) is 76.5 Å². The maximum absolute atomic E-state index is 12.4. The summed E-state index contributed by atoms with van der Waals surface area (Å²) < 4.78 is 22.5. The fourth-order valence-corrected chi connectivity index (χ4v) is 3.90. The lowest BCUT2D eigenvalue weighted by Crippen LogP contribution is -2.22. The standard InChI is InChI=1S/C19H18N2O3S2/c1-13(25-17-9-6-14-4-2-3-5-15(14)12-17)19(22)21-16-7-10-18(11-8-16)26(20,23)24/h2-13H,1H3,(H,21,22)(H2,20,23,24)/t13-/m0/s1. The summed E-state index contributed by atoms with van der Waals surface area (Å²) in [4.78, 5) is 13.4. The number of hydrogen-bond donors (Lipinski definition) is 2. The Labute approximate surface area is 156 Å². The zero-order chi connectivity index (χ0) is 18.7. The molecule has 5 nitrogen and oxygen atoms in total. The number of benzene rings is 3. The molecule has 134 valence electrons. The molecular formula is C19H18N2O3S2. The van der Waals surface area contributed by atoms with Gasteiger partial charge in [-0.15, -0.1) is 11.8 Å². The molecule has 0 aromatic heterocycles. The molecule has 1 amide bonds. The van der Waals surface area contributed by atoms with Crippen LogP contribution in [0.5, 0.6) is 0 Å². The Morgan fingerprint density at radius 3 is 2.31 bits per heavy atom. The summed E-state index contributed by atoms with van der Waals surface area (Å²) in [5.41, 5.74) is 0.522. The first-order valence-corrected chi connectivity index (χ1v) is 10.3. The summed E-state index contributed by atoms with van der Waals surface area (Å²) in [7, 11) is -3.74. The van der Waals surface area contributed by atoms with E-state index in [4.69, 9.17) is 5.14 Å². The largest absolute Gasteiger partial charge is 0.325 e. The highest BCUT2D eigenvalue weighted by molar-refractivity contribution is 8.00. The Morgan fingerprint density at radius 2 is 1.65 bits per heavy atom. The molecule has 3 aromatic rings. The normalized spacial score (nSPS) is 12.7. The van der Waals surface area contributed by atoms with Crippen LogP contribution in [-0.4, -0.2) is 19.6 Å². The lowest BCUT2D eigenvalue weighted by Gasteiger charge is -2.13. The van der Waals surface area contributed by atoms with Crippen LogP contribution in [0, 0.1) is 0 Å². The van der Waals surface area contributed by atoms with E-state index in [1.165, 1.54) is 36.0 Å². The van der Waals surface area contributed by atoms with Gasteiger partial charge < -0.3 is 5.32 Å². The van der Waals surface area contributed by atoms with Gasteiger partial charge >= 0.3 is 0 Å². The first-order valence-electron chi connectivity index (χ1n) is 7.92. The Kier molecular flexibility index (Phi) is 5.31. The van der Waals surface area contributed by atoms with Gasteiger partial charge in [0.2, 0.25) is 15.9 Å². The van der Waals surface area contributed by atoms with Crippen molar-refractivity contribution in [3.8, 4) is 0 Å². The summed E-state index contributed by atoms with van der Waals surface area (Å²) >= 11 is 1.47. The van der Waals surface area contributed by atoms with Crippen LogP contribution >= 0.6 is 11.8 Å². The maximum atomic E-state index is 12.4. The van der Waals surface area contributed by atoms with Crippen molar-refractivity contribution in [3.05, 3.63) is 66.7 Å². The van der Waals surface area contributed by atoms with Crippen LogP contribution in [0.1, 0.15) is 6.92 Å². The average Bonchev–Trinajstić information content (AvgIpc) is 2.61. The van der Waals surface area contributed by atoms with Gasteiger partial charge in [0.25, 0.3) is 0 Å². The van der Waals surface area contributed by atoms with E-state index in [2.05, 4.69) is 11.4 Å². The van der Waals surface area contributed by atoms with Crippen LogP contribution in [0.2, 0.25) is 0 Å². The van der Waals surface area contributed by atoms with Gasteiger partial charge in [0, 0.05) is 10.6 Å². The average molecular weight is 386 g/mol. The number of sulfonamides is 1. The van der Waals surface area contributed by atoms with E-state index in [1.807, 2.05) is 43.3 Å². The molecule has 0 bridgehead atoms. The third-order valence-corrected chi connectivity index (χ3v) is 5.88. The van der Waals surface area contributed by atoms with Gasteiger partial charge in [0.05, 0.1) is 10.1 Å². The molecule has 0 heterocycles. The van der Waals surface area contributed by atoms with Gasteiger partial charge in [-0.2, -0.15) is 0 Å². The fraction of sp³-hybridized carbons (Fsp3) is 0.105. The number of amides is 1. The Morgan fingerprint density at radius 1 is 1.00 bits per heavy atom. The lowest BCUT2D eigenvalue weighted by molar-refractivity contribution is -0.115. The van der Waals surface area contributed by atoms with Crippen LogP contribution in [0.4, 0.5) is 5.69 Å². The molecule has 0 saturated carbocycles. The highest BCUT2D eigenvalue weighted by Gasteiger charge is 2.15. The molecule has 0 aliphatic rings. The number of thioether (sulfide) groups is 1. The van der Waals surface area contributed by atoms with E-state index in [0.717, 1.165) is 15.7 Å². The SMILES string of the molecule is C[C@H](Sc1ccc2ccccc2c1)C(=O)Nc1ccc(S(N)(=O)=O)cc1. The molecule has 0 saturated heterocycles. The Bertz CT molecular complexity index is 1050. The quantitative estimate of drug-likeness (QED) is 0.656. The molecule has 3 aromatic carbocycles. The molecular weight excluding hydrogens is 368 g/mol. The van der Waals surface area contributed by atoms with Gasteiger partial charge in [-0.05, 0) is 54.1 Å². The molecule has 26 heavy (non-hydrogen) atoms. The Hall–Kier alpha value is -2.35. The van der Waals surface area contributed by atoms with Gasteiger partial charge in [-0.25, -0.2) is 13.6 Å². The third kappa shape index (κ3) is 4.43. The van der Waals surface area contributed by atoms with Crippen LogP contribution in [0.25, 0.3) is 10.8 Å². The van der Waals surface area contributed by atoms with Crippen LogP contribution in [0.3, 0.4) is 0 Å². The molecule has 3 rings (SSSR count). The van der Waals surface area contributed by atoms with Gasteiger partial charge in [-0.3, -0.25) is 4.79 Å². The number of rotatable bonds is 5. The monoisotopic (exact) mass is 386 g/mol. The highest BCUT2D eigenvalue weighted by atomic mass is 32.2. The number of nitrogens with two attached hydrogens (primary N) is 1. The molecule has 7 heteroatoms. The topological polar surface area (TPSA) is 89.3 Å². The second-order valence-corrected chi connectivity index (χ2v) is 8.80. The first-order chi connectivity index (χ1) is 12.3. The second kappa shape index (κ2) is 7.49. The van der Waals surface area contributed by atoms with Crippen molar-refractivity contribution in [2.24, 2.45) is 5.14 Å². The van der Waals surface area contributed by atoms with E-state index in [1.54, 1.807) is 0 Å². The van der Waals surface area contributed by atoms with Crippen molar-refractivity contribution in [1.29, 1.82) is 0 Å². The fourth-order valence-electron chi connectivity index (χ4n) is 2.47. The highest BCUT2D eigenvalue weighted by Crippen LogP contribution is 2.27. The minimum Gasteiger partial charge on any atom is -0.325 e. The second-order valence-electron chi connectivity index (χ2n) is 5.83. The van der Waals surface area contributed by atoms with Gasteiger partial charge in [0.1, 0.15) is 0 Å². The molecule has 0 fully saturated rings. The third-order valence-electron chi connectivity index (χ3n) is 3.85. The molecule has 0 radical (unpaired) electrons. The van der Waals surface area contributed by atoms with Crippen molar-refractivity contribution in [1.82, 2.24) is 0 Å². The summed E-state index contributed by atoms with van der Waals surface area (Å²) in [6.07, 6.45) is 0. The number of carbonyl (C=O) groups is 1. The van der Waals surface area contributed by atoms with Crippen molar-refractivity contribution >= 4 is 44.2 Å².